The maximum Gasteiger partial charge on any atom is 0 e. The van der Waals surface area contributed by atoms with Gasteiger partial charge in [0.25, 0.3) is 0 Å². The fourth-order valence-corrected chi connectivity index (χ4v) is 0. The molecular weight excluding hydrogens is 145 g/mol. The minimum absolute atomic E-state index is 0. The number of rotatable bonds is 0. The van der Waals surface area contributed by atoms with E-state index in [0.29, 0.717) is 0 Å². The van der Waals surface area contributed by atoms with E-state index >= 15 is 0 Å². The molecule has 0 saturated carbocycles. The summed E-state index contributed by atoms with van der Waals surface area (Å²) in [5.74, 6) is 0. The predicted octanol–water partition coefficient (Wildman–Crippen LogP) is -1.45. The van der Waals surface area contributed by atoms with Gasteiger partial charge in [-0.15, -0.1) is 0 Å². The maximum atomic E-state index is 7.94. The first-order valence-corrected chi connectivity index (χ1v) is 0.561. The second kappa shape index (κ2) is 122. The second-order valence-electron chi connectivity index (χ2n) is 0. The molecule has 0 amide bonds. The van der Waals surface area contributed by atoms with Crippen molar-refractivity contribution < 1.29 is 25.0 Å². The van der Waals surface area contributed by atoms with Crippen molar-refractivity contribution in [2.24, 2.45) is 0 Å². The van der Waals surface area contributed by atoms with Gasteiger partial charge in [-0.3, -0.25) is 0 Å². The number of hydrogen-bond donors (Lipinski definition) is 0. The van der Waals surface area contributed by atoms with Crippen LogP contribution in [-0.4, -0.2) is 54.2 Å². The molecule has 0 aliphatic carbocycles. The molecule has 0 fully saturated rings. The molecule has 2 nitrogen and oxygen atoms in total. The van der Waals surface area contributed by atoms with Gasteiger partial charge in [0.2, 0.25) is 0 Å². The van der Waals surface area contributed by atoms with Gasteiger partial charge in [0.15, 0.2) is 0 Å². The van der Waals surface area contributed by atoms with Gasteiger partial charge < -0.3 is 5.48 Å². The third-order valence-electron chi connectivity index (χ3n) is 0. The van der Waals surface area contributed by atoms with E-state index in [9.17, 15) is 0 Å². The van der Waals surface area contributed by atoms with E-state index in [1.165, 1.54) is 0 Å². The van der Waals surface area contributed by atoms with E-state index in [1.807, 2.05) is 0 Å². The van der Waals surface area contributed by atoms with Crippen molar-refractivity contribution in [2.45, 2.75) is 7.43 Å². The SMILES string of the molecule is C.O.[Li].[Li].[O]=[Co].[Si]. The summed E-state index contributed by atoms with van der Waals surface area (Å²) in [5, 5.41) is 0. The summed E-state index contributed by atoms with van der Waals surface area (Å²) in [6, 6.07) is 0. The summed E-state index contributed by atoms with van der Waals surface area (Å²) >= 11 is 2.31. The Morgan fingerprint density at radius 2 is 1.00 bits per heavy atom. The van der Waals surface area contributed by atoms with E-state index in [-0.39, 0.29) is 61.6 Å². The summed E-state index contributed by atoms with van der Waals surface area (Å²) in [5.41, 5.74) is 0. The van der Waals surface area contributed by atoms with E-state index in [4.69, 9.17) is 3.87 Å². The summed E-state index contributed by atoms with van der Waals surface area (Å²) in [4.78, 5) is 0. The molecule has 6 heteroatoms. The van der Waals surface area contributed by atoms with Crippen molar-refractivity contribution >= 4 is 48.7 Å². The normalized spacial score (nSPS) is 0.714. The van der Waals surface area contributed by atoms with Crippen LogP contribution in [0.5, 0.6) is 0 Å². The summed E-state index contributed by atoms with van der Waals surface area (Å²) < 4.78 is 7.94. The van der Waals surface area contributed by atoms with Gasteiger partial charge in [0.05, 0.1) is 0 Å². The molecule has 0 saturated heterocycles. The molecule has 0 unspecified atom stereocenters. The van der Waals surface area contributed by atoms with Crippen LogP contribution < -0.4 is 0 Å². The van der Waals surface area contributed by atoms with Gasteiger partial charge in [-0.05, 0) is 0 Å². The molecule has 0 rings (SSSR count). The van der Waals surface area contributed by atoms with Gasteiger partial charge in [-0.2, -0.15) is 0 Å². The van der Waals surface area contributed by atoms with Crippen molar-refractivity contribution in [1.82, 2.24) is 0 Å². The van der Waals surface area contributed by atoms with E-state index in [1.54, 1.807) is 0 Å². The minimum atomic E-state index is 0. The fraction of sp³-hybridized carbons (Fsp3) is 1.00. The zero-order valence-corrected chi connectivity index (χ0v) is 5.78. The Morgan fingerprint density at radius 1 is 1.00 bits per heavy atom. The molecule has 0 aliphatic rings. The van der Waals surface area contributed by atoms with Gasteiger partial charge >= 0.3 is 19.5 Å². The summed E-state index contributed by atoms with van der Waals surface area (Å²) in [7, 11) is 0. The molecule has 0 aromatic rings. The molecule has 7 heavy (non-hydrogen) atoms. The van der Waals surface area contributed by atoms with Crippen LogP contribution in [0.3, 0.4) is 0 Å². The quantitative estimate of drug-likeness (QED) is 0.390. The van der Waals surface area contributed by atoms with Crippen LogP contribution in [0.2, 0.25) is 0 Å². The van der Waals surface area contributed by atoms with Crippen molar-refractivity contribution in [2.75, 3.05) is 0 Å². The monoisotopic (exact) mass is 151 g/mol. The van der Waals surface area contributed by atoms with Crippen molar-refractivity contribution in [3.05, 3.63) is 0 Å². The van der Waals surface area contributed by atoms with E-state index in [2.05, 4.69) is 15.7 Å². The van der Waals surface area contributed by atoms with Gasteiger partial charge in [0, 0.05) is 48.7 Å². The molecule has 0 aromatic carbocycles. The Bertz CT molecular complexity index is 15.7. The summed E-state index contributed by atoms with van der Waals surface area (Å²) in [6.07, 6.45) is 0. The first kappa shape index (κ1) is 71.3. The molecule has 0 spiro atoms. The van der Waals surface area contributed by atoms with Crippen LogP contribution in [0.15, 0.2) is 0 Å². The fourth-order valence-electron chi connectivity index (χ4n) is 0. The largest absolute Gasteiger partial charge is 0 e. The van der Waals surface area contributed by atoms with Gasteiger partial charge in [-0.1, -0.05) is 7.43 Å². The minimum Gasteiger partial charge on any atom is 0 e. The van der Waals surface area contributed by atoms with E-state index in [0.717, 1.165) is 0 Å². The van der Waals surface area contributed by atoms with Crippen LogP contribution in [0.1, 0.15) is 7.43 Å². The van der Waals surface area contributed by atoms with Crippen molar-refractivity contribution in [1.29, 1.82) is 0 Å². The first-order chi connectivity index (χ1) is 1.00. The first-order valence-electron chi connectivity index (χ1n) is 0.136. The molecular formula is CH6CoLi2O2Si. The Hall–Kier alpha value is 1.68. The Balaban J connectivity index is -0.000000000500. The second-order valence-corrected chi connectivity index (χ2v) is 0. The Labute approximate surface area is 80.7 Å². The van der Waals surface area contributed by atoms with Gasteiger partial charge in [0.1, 0.15) is 0 Å². The Kier molecular flexibility index (Phi) is 1240. The molecule has 0 aliphatic heterocycles. The predicted molar refractivity (Wildman–Crippen MR) is 28.3 cm³/mol. The third-order valence-corrected chi connectivity index (χ3v) is 0. The van der Waals surface area contributed by atoms with Crippen molar-refractivity contribution in [3.63, 3.8) is 0 Å². The van der Waals surface area contributed by atoms with Crippen LogP contribution in [0.4, 0.5) is 0 Å². The van der Waals surface area contributed by atoms with Crippen LogP contribution >= 0.6 is 0 Å². The maximum absolute atomic E-state index is 7.94. The van der Waals surface area contributed by atoms with Crippen LogP contribution in [0.25, 0.3) is 0 Å². The molecule has 6 radical (unpaired) electrons. The molecule has 2 N–H and O–H groups in total. The zero-order valence-electron chi connectivity index (χ0n) is 3.74. The van der Waals surface area contributed by atoms with Crippen LogP contribution in [0, 0.1) is 0 Å². The molecule has 0 atom stereocenters. The standard InChI is InChI=1S/CH4.Co.2Li.H2O.O.Si/h1H4;;;;1H2;;. The number of hydrogen-bond acceptors (Lipinski definition) is 1. The van der Waals surface area contributed by atoms with Crippen molar-refractivity contribution in [3.8, 4) is 0 Å². The average molecular weight is 151 g/mol. The molecule has 0 bridgehead atoms. The van der Waals surface area contributed by atoms with Gasteiger partial charge in [-0.25, -0.2) is 0 Å². The molecule has 37 valence electrons. The molecule has 0 aromatic heterocycles. The van der Waals surface area contributed by atoms with E-state index < -0.39 is 0 Å². The average Bonchev–Trinajstić information content (AvgIpc) is 1.00. The summed E-state index contributed by atoms with van der Waals surface area (Å²) in [6.45, 7) is 0. The zero-order chi connectivity index (χ0) is 2.00. The smallest absolute Gasteiger partial charge is 0 e. The third kappa shape index (κ3) is 87.9. The van der Waals surface area contributed by atoms with Crippen LogP contribution in [-0.2, 0) is 19.5 Å². The topological polar surface area (TPSA) is 48.6 Å². The molecule has 0 heterocycles. The Morgan fingerprint density at radius 3 is 1.00 bits per heavy atom.